The van der Waals surface area contributed by atoms with Gasteiger partial charge in [-0.25, -0.2) is 19.3 Å². The summed E-state index contributed by atoms with van der Waals surface area (Å²) in [5.41, 5.74) is 0.289. The maximum absolute atomic E-state index is 13.7. The molecule has 0 fully saturated rings. The van der Waals surface area contributed by atoms with Gasteiger partial charge in [0.25, 0.3) is 0 Å². The maximum Gasteiger partial charge on any atom is 0.191 e. The van der Waals surface area contributed by atoms with Gasteiger partial charge < -0.3 is 5.32 Å². The monoisotopic (exact) mass is 272 g/mol. The fraction of sp³-hybridized carbons (Fsp3) is 0.300. The summed E-state index contributed by atoms with van der Waals surface area (Å²) in [4.78, 5) is 12.2. The summed E-state index contributed by atoms with van der Waals surface area (Å²) in [6, 6.07) is 0. The summed E-state index contributed by atoms with van der Waals surface area (Å²) in [6.07, 6.45) is 1.52. The molecule has 0 saturated carbocycles. The molecule has 90 valence electrons. The van der Waals surface area contributed by atoms with Gasteiger partial charge in [-0.1, -0.05) is 22.9 Å². The minimum Gasteiger partial charge on any atom is -0.368 e. The minimum atomic E-state index is -0.432. The van der Waals surface area contributed by atoms with E-state index >= 15 is 0 Å². The second-order valence-electron chi connectivity index (χ2n) is 3.30. The van der Waals surface area contributed by atoms with Crippen molar-refractivity contribution in [2.75, 3.05) is 11.9 Å². The summed E-state index contributed by atoms with van der Waals surface area (Å²) < 4.78 is 14.2. The minimum absolute atomic E-state index is 0.196. The van der Waals surface area contributed by atoms with Crippen LogP contribution in [0.25, 0.3) is 10.8 Å². The molecule has 0 unspecified atom stereocenters. The van der Waals surface area contributed by atoms with E-state index in [1.807, 2.05) is 6.92 Å². The van der Waals surface area contributed by atoms with E-state index < -0.39 is 5.82 Å². The number of thiazole rings is 1. The first-order valence-electron chi connectivity index (χ1n) is 5.01. The zero-order valence-corrected chi connectivity index (χ0v) is 10.9. The van der Waals surface area contributed by atoms with Crippen LogP contribution in [0.4, 0.5) is 10.2 Å². The molecular formula is C10H10ClFN4S. The number of nitrogens with one attached hydrogen (secondary N) is 1. The lowest BCUT2D eigenvalue weighted by Gasteiger charge is -2.07. The van der Waals surface area contributed by atoms with Crippen LogP contribution in [0.5, 0.6) is 0 Å². The first kappa shape index (κ1) is 12.2. The molecular weight excluding hydrogens is 263 g/mol. The van der Waals surface area contributed by atoms with E-state index in [1.54, 1.807) is 6.92 Å². The summed E-state index contributed by atoms with van der Waals surface area (Å²) in [6.45, 7) is 4.05. The van der Waals surface area contributed by atoms with Crippen molar-refractivity contribution in [2.45, 2.75) is 13.8 Å². The summed E-state index contributed by atoms with van der Waals surface area (Å²) >= 11 is 7.05. The summed E-state index contributed by atoms with van der Waals surface area (Å²) in [7, 11) is 0. The van der Waals surface area contributed by atoms with Crippen molar-refractivity contribution in [1.29, 1.82) is 0 Å². The first-order valence-corrected chi connectivity index (χ1v) is 6.21. The lowest BCUT2D eigenvalue weighted by Crippen LogP contribution is -2.06. The smallest absolute Gasteiger partial charge is 0.191 e. The molecule has 2 aromatic rings. The van der Waals surface area contributed by atoms with Crippen molar-refractivity contribution in [3.8, 4) is 10.8 Å². The van der Waals surface area contributed by atoms with Crippen molar-refractivity contribution in [1.82, 2.24) is 15.0 Å². The number of hydrogen-bond acceptors (Lipinski definition) is 5. The molecule has 0 aliphatic rings. The number of aromatic nitrogens is 3. The van der Waals surface area contributed by atoms with E-state index in [-0.39, 0.29) is 11.5 Å². The standard InChI is InChI=1S/C10H10ClFN4S/c1-3-13-8-7(12)5(2)15-9(16-8)10-14-4-6(11)17-10/h4H,3H2,1-2H3,(H,13,15,16). The molecule has 0 radical (unpaired) electrons. The van der Waals surface area contributed by atoms with Crippen LogP contribution in [0.15, 0.2) is 6.20 Å². The van der Waals surface area contributed by atoms with Crippen LogP contribution in [-0.2, 0) is 0 Å². The quantitative estimate of drug-likeness (QED) is 0.933. The van der Waals surface area contributed by atoms with Gasteiger partial charge in [-0.2, -0.15) is 0 Å². The summed E-state index contributed by atoms with van der Waals surface area (Å²) in [5, 5.41) is 3.43. The second kappa shape index (κ2) is 4.93. The van der Waals surface area contributed by atoms with Crippen molar-refractivity contribution in [3.63, 3.8) is 0 Å². The third kappa shape index (κ3) is 2.53. The molecule has 0 aromatic carbocycles. The zero-order chi connectivity index (χ0) is 12.4. The molecule has 0 atom stereocenters. The van der Waals surface area contributed by atoms with E-state index in [0.717, 1.165) is 0 Å². The molecule has 0 bridgehead atoms. The number of anilines is 1. The number of aryl methyl sites for hydroxylation is 1. The molecule has 1 N–H and O–H groups in total. The molecule has 7 heteroatoms. The van der Waals surface area contributed by atoms with Crippen molar-refractivity contribution in [3.05, 3.63) is 22.0 Å². The maximum atomic E-state index is 13.7. The van der Waals surface area contributed by atoms with Gasteiger partial charge in [0.2, 0.25) is 0 Å². The molecule has 0 saturated heterocycles. The Morgan fingerprint density at radius 3 is 2.82 bits per heavy atom. The predicted octanol–water partition coefficient (Wildman–Crippen LogP) is 3.13. The second-order valence-corrected chi connectivity index (χ2v) is 4.96. The Kier molecular flexibility index (Phi) is 3.54. The molecule has 2 aromatic heterocycles. The Bertz CT molecular complexity index is 543. The third-order valence-electron chi connectivity index (χ3n) is 2.03. The SMILES string of the molecule is CCNc1nc(-c2ncc(Cl)s2)nc(C)c1F. The molecule has 17 heavy (non-hydrogen) atoms. The van der Waals surface area contributed by atoms with Gasteiger partial charge in [0.1, 0.15) is 4.34 Å². The van der Waals surface area contributed by atoms with Crippen LogP contribution >= 0.6 is 22.9 Å². The van der Waals surface area contributed by atoms with Crippen LogP contribution in [0, 0.1) is 12.7 Å². The Morgan fingerprint density at radius 1 is 1.47 bits per heavy atom. The van der Waals surface area contributed by atoms with Crippen LogP contribution < -0.4 is 5.32 Å². The zero-order valence-electron chi connectivity index (χ0n) is 9.29. The number of nitrogens with zero attached hydrogens (tertiary/aromatic N) is 3. The Hall–Kier alpha value is -1.27. The molecule has 0 amide bonds. The van der Waals surface area contributed by atoms with Gasteiger partial charge in [0.15, 0.2) is 22.5 Å². The van der Waals surface area contributed by atoms with Crippen LogP contribution in [0.1, 0.15) is 12.6 Å². The largest absolute Gasteiger partial charge is 0.368 e. The average molecular weight is 273 g/mol. The normalized spacial score (nSPS) is 10.6. The highest BCUT2D eigenvalue weighted by molar-refractivity contribution is 7.18. The van der Waals surface area contributed by atoms with Crippen LogP contribution in [-0.4, -0.2) is 21.5 Å². The van der Waals surface area contributed by atoms with Gasteiger partial charge in [0, 0.05) is 6.54 Å². The van der Waals surface area contributed by atoms with E-state index in [1.165, 1.54) is 17.5 Å². The number of halogens is 2. The topological polar surface area (TPSA) is 50.7 Å². The lowest BCUT2D eigenvalue weighted by atomic mass is 10.4. The van der Waals surface area contributed by atoms with Gasteiger partial charge in [-0.15, -0.1) is 0 Å². The molecule has 4 nitrogen and oxygen atoms in total. The average Bonchev–Trinajstić information content (AvgIpc) is 2.71. The van der Waals surface area contributed by atoms with E-state index in [2.05, 4.69) is 20.3 Å². The van der Waals surface area contributed by atoms with Gasteiger partial charge in [0.05, 0.1) is 11.9 Å². The fourth-order valence-electron chi connectivity index (χ4n) is 1.30. The van der Waals surface area contributed by atoms with Crippen molar-refractivity contribution >= 4 is 28.8 Å². The highest BCUT2D eigenvalue weighted by Crippen LogP contribution is 2.27. The van der Waals surface area contributed by atoms with Crippen LogP contribution in [0.2, 0.25) is 4.34 Å². The molecule has 0 spiro atoms. The predicted molar refractivity (Wildman–Crippen MR) is 67.0 cm³/mol. The van der Waals surface area contributed by atoms with Crippen LogP contribution in [0.3, 0.4) is 0 Å². The number of rotatable bonds is 3. The van der Waals surface area contributed by atoms with Crippen molar-refractivity contribution < 1.29 is 4.39 Å². The third-order valence-corrected chi connectivity index (χ3v) is 3.14. The van der Waals surface area contributed by atoms with Gasteiger partial charge >= 0.3 is 0 Å². The van der Waals surface area contributed by atoms with Gasteiger partial charge in [-0.3, -0.25) is 0 Å². The first-order chi connectivity index (χ1) is 8.11. The van der Waals surface area contributed by atoms with E-state index in [0.29, 0.717) is 21.7 Å². The van der Waals surface area contributed by atoms with E-state index in [9.17, 15) is 4.39 Å². The van der Waals surface area contributed by atoms with Crippen molar-refractivity contribution in [2.24, 2.45) is 0 Å². The fourth-order valence-corrected chi connectivity index (χ4v) is 2.14. The lowest BCUT2D eigenvalue weighted by molar-refractivity contribution is 0.606. The number of hydrogen-bond donors (Lipinski definition) is 1. The molecule has 2 heterocycles. The summed E-state index contributed by atoms with van der Waals surface area (Å²) in [5.74, 6) is 0.149. The highest BCUT2D eigenvalue weighted by atomic mass is 35.5. The van der Waals surface area contributed by atoms with Gasteiger partial charge in [-0.05, 0) is 13.8 Å². The molecule has 0 aliphatic carbocycles. The Balaban J connectivity index is 2.48. The highest BCUT2D eigenvalue weighted by Gasteiger charge is 2.14. The molecule has 0 aliphatic heterocycles. The molecule has 2 rings (SSSR count). The Morgan fingerprint density at radius 2 is 2.24 bits per heavy atom. The van der Waals surface area contributed by atoms with E-state index in [4.69, 9.17) is 11.6 Å². The Labute approximate surface area is 107 Å².